The van der Waals surface area contributed by atoms with Crippen LogP contribution in [0.15, 0.2) is 18.2 Å². The number of rotatable bonds is 5. The summed E-state index contributed by atoms with van der Waals surface area (Å²) < 4.78 is 55.0. The first-order chi connectivity index (χ1) is 8.94. The maximum Gasteiger partial charge on any atom is 0.319 e. The lowest BCUT2D eigenvalue weighted by Gasteiger charge is -2.20. The van der Waals surface area contributed by atoms with Gasteiger partial charge in [-0.1, -0.05) is 6.07 Å². The lowest BCUT2D eigenvalue weighted by Crippen LogP contribution is -2.39. The normalized spacial score (nSPS) is 18.7. The Balaban J connectivity index is 2.06. The Hall–Kier alpha value is -1.30. The first-order valence-corrected chi connectivity index (χ1v) is 6.00. The minimum Gasteiger partial charge on any atom is -0.497 e. The van der Waals surface area contributed by atoms with Crippen LogP contribution in [0.2, 0.25) is 0 Å². The highest BCUT2D eigenvalue weighted by Crippen LogP contribution is 2.34. The Kier molecular flexibility index (Phi) is 3.99. The SMILES string of the molecule is COc1ccc2c(c1)C(NCC(F)(F)C(F)F)CC2. The van der Waals surface area contributed by atoms with Gasteiger partial charge in [0, 0.05) is 6.04 Å². The predicted molar refractivity (Wildman–Crippen MR) is 63.0 cm³/mol. The smallest absolute Gasteiger partial charge is 0.319 e. The van der Waals surface area contributed by atoms with Gasteiger partial charge in [-0.05, 0) is 36.1 Å². The van der Waals surface area contributed by atoms with E-state index in [-0.39, 0.29) is 6.04 Å². The van der Waals surface area contributed by atoms with Gasteiger partial charge in [0.1, 0.15) is 5.75 Å². The van der Waals surface area contributed by atoms with E-state index in [0.29, 0.717) is 12.2 Å². The number of halogens is 4. The van der Waals surface area contributed by atoms with Crippen molar-refractivity contribution in [2.24, 2.45) is 0 Å². The molecule has 0 aromatic heterocycles. The fraction of sp³-hybridized carbons (Fsp3) is 0.538. The van der Waals surface area contributed by atoms with Gasteiger partial charge < -0.3 is 10.1 Å². The van der Waals surface area contributed by atoms with Crippen LogP contribution in [0.1, 0.15) is 23.6 Å². The van der Waals surface area contributed by atoms with Crippen LogP contribution >= 0.6 is 0 Å². The van der Waals surface area contributed by atoms with E-state index in [1.165, 1.54) is 7.11 Å². The fourth-order valence-electron chi connectivity index (χ4n) is 2.26. The van der Waals surface area contributed by atoms with Crippen molar-refractivity contribution >= 4 is 0 Å². The van der Waals surface area contributed by atoms with Crippen molar-refractivity contribution in [2.45, 2.75) is 31.2 Å². The highest BCUT2D eigenvalue weighted by molar-refractivity contribution is 5.40. The van der Waals surface area contributed by atoms with Gasteiger partial charge in [-0.3, -0.25) is 0 Å². The largest absolute Gasteiger partial charge is 0.497 e. The van der Waals surface area contributed by atoms with Crippen LogP contribution in [0.25, 0.3) is 0 Å². The minimum absolute atomic E-state index is 0.324. The maximum absolute atomic E-state index is 12.9. The van der Waals surface area contributed by atoms with Crippen LogP contribution in [-0.2, 0) is 6.42 Å². The first-order valence-electron chi connectivity index (χ1n) is 6.00. The molecule has 1 aromatic carbocycles. The molecule has 0 aliphatic heterocycles. The summed E-state index contributed by atoms with van der Waals surface area (Å²) in [5.74, 6) is -3.37. The van der Waals surface area contributed by atoms with Gasteiger partial charge in [0.25, 0.3) is 0 Å². The highest BCUT2D eigenvalue weighted by Gasteiger charge is 2.41. The molecule has 1 atom stereocenters. The number of methoxy groups -OCH3 is 1. The molecule has 1 aromatic rings. The average Bonchev–Trinajstić information content (AvgIpc) is 2.78. The summed E-state index contributed by atoms with van der Waals surface area (Å²) >= 11 is 0. The zero-order chi connectivity index (χ0) is 14.0. The van der Waals surface area contributed by atoms with Crippen molar-refractivity contribution in [3.8, 4) is 5.75 Å². The molecular formula is C13H15F4NO. The summed E-state index contributed by atoms with van der Waals surface area (Å²) in [6.07, 6.45) is -2.27. The second-order valence-electron chi connectivity index (χ2n) is 4.60. The van der Waals surface area contributed by atoms with Gasteiger partial charge in [0.2, 0.25) is 0 Å². The van der Waals surface area contributed by atoms with Crippen LogP contribution < -0.4 is 10.1 Å². The molecule has 0 heterocycles. The molecule has 2 nitrogen and oxygen atoms in total. The van der Waals surface area contributed by atoms with Crippen molar-refractivity contribution < 1.29 is 22.3 Å². The molecule has 2 rings (SSSR count). The molecule has 1 aliphatic carbocycles. The predicted octanol–water partition coefficient (Wildman–Crippen LogP) is 3.17. The van der Waals surface area contributed by atoms with E-state index in [1.54, 1.807) is 12.1 Å². The van der Waals surface area contributed by atoms with Crippen LogP contribution in [-0.4, -0.2) is 26.0 Å². The number of hydrogen-bond donors (Lipinski definition) is 1. The van der Waals surface area contributed by atoms with E-state index in [4.69, 9.17) is 4.74 Å². The number of fused-ring (bicyclic) bond motifs is 1. The van der Waals surface area contributed by atoms with Crippen molar-refractivity contribution in [2.75, 3.05) is 13.7 Å². The monoisotopic (exact) mass is 277 g/mol. The maximum atomic E-state index is 12.9. The molecule has 0 fully saturated rings. The highest BCUT2D eigenvalue weighted by atomic mass is 19.3. The molecule has 19 heavy (non-hydrogen) atoms. The molecule has 1 unspecified atom stereocenters. The summed E-state index contributed by atoms with van der Waals surface area (Å²) in [5, 5.41) is 2.53. The number of benzene rings is 1. The van der Waals surface area contributed by atoms with Gasteiger partial charge in [-0.2, -0.15) is 8.78 Å². The Bertz CT molecular complexity index is 450. The molecule has 0 bridgehead atoms. The van der Waals surface area contributed by atoms with Crippen molar-refractivity contribution in [3.05, 3.63) is 29.3 Å². The number of hydrogen-bond acceptors (Lipinski definition) is 2. The summed E-state index contributed by atoms with van der Waals surface area (Å²) in [6.45, 7) is -1.02. The molecule has 1 aliphatic rings. The van der Waals surface area contributed by atoms with Gasteiger partial charge in [-0.25, -0.2) is 8.78 Å². The number of aryl methyl sites for hydroxylation is 1. The van der Waals surface area contributed by atoms with E-state index < -0.39 is 18.9 Å². The Morgan fingerprint density at radius 2 is 2.16 bits per heavy atom. The Morgan fingerprint density at radius 1 is 1.42 bits per heavy atom. The Morgan fingerprint density at radius 3 is 2.79 bits per heavy atom. The molecule has 0 radical (unpaired) electrons. The van der Waals surface area contributed by atoms with Crippen molar-refractivity contribution in [1.82, 2.24) is 5.32 Å². The molecule has 0 amide bonds. The third-order valence-corrected chi connectivity index (χ3v) is 3.33. The lowest BCUT2D eigenvalue weighted by atomic mass is 10.1. The third kappa shape index (κ3) is 3.00. The van der Waals surface area contributed by atoms with Gasteiger partial charge in [-0.15, -0.1) is 0 Å². The number of alkyl halides is 4. The second-order valence-corrected chi connectivity index (χ2v) is 4.60. The minimum atomic E-state index is -4.00. The molecule has 6 heteroatoms. The van der Waals surface area contributed by atoms with Crippen LogP contribution in [0.3, 0.4) is 0 Å². The molecule has 106 valence electrons. The molecular weight excluding hydrogens is 262 g/mol. The fourth-order valence-corrected chi connectivity index (χ4v) is 2.26. The van der Waals surface area contributed by atoms with E-state index in [0.717, 1.165) is 17.5 Å². The van der Waals surface area contributed by atoms with Crippen molar-refractivity contribution in [1.29, 1.82) is 0 Å². The van der Waals surface area contributed by atoms with Crippen LogP contribution in [0.4, 0.5) is 17.6 Å². The Labute approximate surface area is 108 Å². The van der Waals surface area contributed by atoms with Gasteiger partial charge in [0.15, 0.2) is 0 Å². The number of ether oxygens (including phenoxy) is 1. The van der Waals surface area contributed by atoms with E-state index in [9.17, 15) is 17.6 Å². The lowest BCUT2D eigenvalue weighted by molar-refractivity contribution is -0.126. The molecule has 0 saturated heterocycles. The zero-order valence-corrected chi connectivity index (χ0v) is 10.4. The van der Waals surface area contributed by atoms with E-state index >= 15 is 0 Å². The van der Waals surface area contributed by atoms with E-state index in [2.05, 4.69) is 5.32 Å². The summed E-state index contributed by atoms with van der Waals surface area (Å²) in [7, 11) is 1.52. The number of nitrogens with one attached hydrogen (secondary N) is 1. The summed E-state index contributed by atoms with van der Waals surface area (Å²) in [5.41, 5.74) is 1.89. The average molecular weight is 277 g/mol. The molecule has 0 spiro atoms. The topological polar surface area (TPSA) is 21.3 Å². The van der Waals surface area contributed by atoms with Gasteiger partial charge >= 0.3 is 12.3 Å². The second kappa shape index (κ2) is 5.36. The van der Waals surface area contributed by atoms with E-state index in [1.807, 2.05) is 6.07 Å². The zero-order valence-electron chi connectivity index (χ0n) is 10.4. The van der Waals surface area contributed by atoms with Crippen LogP contribution in [0.5, 0.6) is 5.75 Å². The van der Waals surface area contributed by atoms with Crippen molar-refractivity contribution in [3.63, 3.8) is 0 Å². The standard InChI is InChI=1S/C13H15F4NO/c1-19-9-4-2-8-3-5-11(10(8)6-9)18-7-13(16,17)12(14)15/h2,4,6,11-12,18H,3,5,7H2,1H3. The molecule has 1 N–H and O–H groups in total. The van der Waals surface area contributed by atoms with Gasteiger partial charge in [0.05, 0.1) is 13.7 Å². The quantitative estimate of drug-likeness (QED) is 0.835. The summed E-state index contributed by atoms with van der Waals surface area (Å²) in [4.78, 5) is 0. The van der Waals surface area contributed by atoms with Crippen LogP contribution in [0, 0.1) is 0 Å². The summed E-state index contributed by atoms with van der Waals surface area (Å²) in [6, 6.07) is 5.12. The first kappa shape index (κ1) is 14.1. The third-order valence-electron chi connectivity index (χ3n) is 3.33. The molecule has 0 saturated carbocycles.